The van der Waals surface area contributed by atoms with Crippen LogP contribution in [0.15, 0.2) is 23.6 Å². The lowest BCUT2D eigenvalue weighted by molar-refractivity contribution is -0.120. The van der Waals surface area contributed by atoms with Crippen LogP contribution in [-0.2, 0) is 11.3 Å². The first-order valence-corrected chi connectivity index (χ1v) is 10.2. The first-order chi connectivity index (χ1) is 13.5. The molecule has 2 heterocycles. The largest absolute Gasteiger partial charge is 0.494 e. The lowest BCUT2D eigenvalue weighted by Crippen LogP contribution is -2.39. The van der Waals surface area contributed by atoms with E-state index >= 15 is 0 Å². The van der Waals surface area contributed by atoms with E-state index in [2.05, 4.69) is 10.3 Å². The smallest absolute Gasteiger partial charge is 0.253 e. The number of amides is 2. The van der Waals surface area contributed by atoms with E-state index in [1.807, 2.05) is 12.3 Å². The molecule has 1 atom stereocenters. The van der Waals surface area contributed by atoms with E-state index in [1.165, 1.54) is 19.2 Å². The number of methoxy groups -OCH3 is 1. The molecule has 0 bridgehead atoms. The molecule has 0 aliphatic carbocycles. The van der Waals surface area contributed by atoms with Crippen LogP contribution in [0.4, 0.5) is 4.39 Å². The normalized spacial score (nSPS) is 16.7. The molecule has 1 fully saturated rings. The number of likely N-dealkylation sites (tertiary alicyclic amines) is 1. The molecule has 1 aromatic heterocycles. The predicted molar refractivity (Wildman–Crippen MR) is 105 cm³/mol. The second kappa shape index (κ2) is 9.14. The number of hydrogen-bond donors (Lipinski definition) is 1. The van der Waals surface area contributed by atoms with Gasteiger partial charge in [0.05, 0.1) is 24.4 Å². The summed E-state index contributed by atoms with van der Waals surface area (Å²) < 4.78 is 18.9. The minimum atomic E-state index is -0.541. The quantitative estimate of drug-likeness (QED) is 0.800. The fraction of sp³-hybridized carbons (Fsp3) is 0.450. The van der Waals surface area contributed by atoms with Crippen molar-refractivity contribution in [1.29, 1.82) is 0 Å². The SMILES string of the molecule is CCC(=O)NCc1csc(C2CCCN(C(=O)c3ccc(OC)c(F)c3)C2)n1. The summed E-state index contributed by atoms with van der Waals surface area (Å²) in [6, 6.07) is 4.29. The molecule has 1 aliphatic rings. The van der Waals surface area contributed by atoms with Gasteiger partial charge in [0.15, 0.2) is 11.6 Å². The van der Waals surface area contributed by atoms with Gasteiger partial charge in [0, 0.05) is 36.4 Å². The van der Waals surface area contributed by atoms with Gasteiger partial charge in [0.2, 0.25) is 5.91 Å². The minimum Gasteiger partial charge on any atom is -0.494 e. The van der Waals surface area contributed by atoms with E-state index in [-0.39, 0.29) is 23.5 Å². The van der Waals surface area contributed by atoms with E-state index in [0.717, 1.165) is 23.5 Å². The molecule has 1 aliphatic heterocycles. The highest BCUT2D eigenvalue weighted by Gasteiger charge is 2.27. The number of carbonyl (C=O) groups excluding carboxylic acids is 2. The number of rotatable bonds is 6. The number of carbonyl (C=O) groups is 2. The van der Waals surface area contributed by atoms with Gasteiger partial charge in [-0.2, -0.15) is 0 Å². The van der Waals surface area contributed by atoms with Crippen LogP contribution in [-0.4, -0.2) is 41.9 Å². The van der Waals surface area contributed by atoms with Crippen molar-refractivity contribution in [3.05, 3.63) is 45.7 Å². The number of benzene rings is 1. The molecule has 3 rings (SSSR count). The zero-order valence-corrected chi connectivity index (χ0v) is 16.9. The second-order valence-corrected chi connectivity index (χ2v) is 7.64. The average Bonchev–Trinajstić information content (AvgIpc) is 3.20. The van der Waals surface area contributed by atoms with Gasteiger partial charge in [0.25, 0.3) is 5.91 Å². The van der Waals surface area contributed by atoms with Gasteiger partial charge < -0.3 is 15.0 Å². The van der Waals surface area contributed by atoms with Gasteiger partial charge in [-0.15, -0.1) is 11.3 Å². The third kappa shape index (κ3) is 4.67. The van der Waals surface area contributed by atoms with Gasteiger partial charge in [-0.05, 0) is 31.0 Å². The molecular weight excluding hydrogens is 381 g/mol. The van der Waals surface area contributed by atoms with Gasteiger partial charge >= 0.3 is 0 Å². The Labute approximate surface area is 167 Å². The van der Waals surface area contributed by atoms with Crippen molar-refractivity contribution in [3.8, 4) is 5.75 Å². The summed E-state index contributed by atoms with van der Waals surface area (Å²) in [6.07, 6.45) is 2.27. The first-order valence-electron chi connectivity index (χ1n) is 9.35. The third-order valence-corrected chi connectivity index (χ3v) is 5.87. The number of halogens is 1. The third-order valence-electron chi connectivity index (χ3n) is 4.81. The van der Waals surface area contributed by atoms with Crippen LogP contribution in [0.25, 0.3) is 0 Å². The summed E-state index contributed by atoms with van der Waals surface area (Å²) in [5.74, 6) is -0.450. The summed E-state index contributed by atoms with van der Waals surface area (Å²) in [7, 11) is 1.39. The molecule has 1 unspecified atom stereocenters. The van der Waals surface area contributed by atoms with Crippen LogP contribution in [0.5, 0.6) is 5.75 Å². The molecular formula is C20H24FN3O3S. The Morgan fingerprint density at radius 1 is 1.43 bits per heavy atom. The number of hydrogen-bond acceptors (Lipinski definition) is 5. The highest BCUT2D eigenvalue weighted by Crippen LogP contribution is 2.30. The monoisotopic (exact) mass is 405 g/mol. The lowest BCUT2D eigenvalue weighted by Gasteiger charge is -2.32. The molecule has 2 amide bonds. The van der Waals surface area contributed by atoms with Crippen molar-refractivity contribution >= 4 is 23.2 Å². The van der Waals surface area contributed by atoms with Gasteiger partial charge in [-0.25, -0.2) is 9.37 Å². The number of piperidine rings is 1. The predicted octanol–water partition coefficient (Wildman–Crippen LogP) is 3.34. The number of thiazole rings is 1. The Balaban J connectivity index is 1.65. The second-order valence-electron chi connectivity index (χ2n) is 6.75. The highest BCUT2D eigenvalue weighted by molar-refractivity contribution is 7.09. The van der Waals surface area contributed by atoms with E-state index < -0.39 is 5.82 Å². The lowest BCUT2D eigenvalue weighted by atomic mass is 9.98. The number of aromatic nitrogens is 1. The number of ether oxygens (including phenoxy) is 1. The molecule has 0 radical (unpaired) electrons. The van der Waals surface area contributed by atoms with Gasteiger partial charge in [-0.1, -0.05) is 6.92 Å². The minimum absolute atomic E-state index is 0.00397. The Morgan fingerprint density at radius 3 is 2.96 bits per heavy atom. The van der Waals surface area contributed by atoms with Crippen molar-refractivity contribution < 1.29 is 18.7 Å². The topological polar surface area (TPSA) is 71.5 Å². The molecule has 150 valence electrons. The van der Waals surface area contributed by atoms with E-state index in [1.54, 1.807) is 22.3 Å². The standard InChI is InChI=1S/C20H24FN3O3S/c1-3-18(25)22-10-15-12-28-19(23-15)14-5-4-8-24(11-14)20(26)13-6-7-17(27-2)16(21)9-13/h6-7,9,12,14H,3-5,8,10-11H2,1-2H3,(H,22,25). The molecule has 1 aromatic carbocycles. The summed E-state index contributed by atoms with van der Waals surface area (Å²) in [6.45, 7) is 3.43. The fourth-order valence-electron chi connectivity index (χ4n) is 3.25. The first kappa shape index (κ1) is 20.3. The van der Waals surface area contributed by atoms with E-state index in [0.29, 0.717) is 31.6 Å². The zero-order valence-electron chi connectivity index (χ0n) is 16.0. The summed E-state index contributed by atoms with van der Waals surface area (Å²) in [5.41, 5.74) is 1.16. The van der Waals surface area contributed by atoms with Crippen LogP contribution in [0, 0.1) is 5.82 Å². The van der Waals surface area contributed by atoms with E-state index in [4.69, 9.17) is 4.74 Å². The summed E-state index contributed by atoms with van der Waals surface area (Å²) >= 11 is 1.56. The van der Waals surface area contributed by atoms with Crippen molar-refractivity contribution in [3.63, 3.8) is 0 Å². The van der Waals surface area contributed by atoms with Gasteiger partial charge in [-0.3, -0.25) is 9.59 Å². The van der Waals surface area contributed by atoms with Crippen molar-refractivity contribution in [2.24, 2.45) is 0 Å². The Hall–Kier alpha value is -2.48. The molecule has 0 spiro atoms. The van der Waals surface area contributed by atoms with Crippen LogP contribution in [0.1, 0.15) is 53.2 Å². The molecule has 0 saturated carbocycles. The highest BCUT2D eigenvalue weighted by atomic mass is 32.1. The van der Waals surface area contributed by atoms with Crippen molar-refractivity contribution in [2.45, 2.75) is 38.6 Å². The Bertz CT molecular complexity index is 855. The zero-order chi connectivity index (χ0) is 20.1. The molecule has 6 nitrogen and oxygen atoms in total. The maximum absolute atomic E-state index is 13.9. The van der Waals surface area contributed by atoms with Crippen LogP contribution in [0.3, 0.4) is 0 Å². The number of nitrogens with zero attached hydrogens (tertiary/aromatic N) is 2. The molecule has 1 N–H and O–H groups in total. The average molecular weight is 405 g/mol. The van der Waals surface area contributed by atoms with Crippen molar-refractivity contribution in [2.75, 3.05) is 20.2 Å². The van der Waals surface area contributed by atoms with Crippen LogP contribution >= 0.6 is 11.3 Å². The Kier molecular flexibility index (Phi) is 6.61. The summed E-state index contributed by atoms with van der Waals surface area (Å²) in [4.78, 5) is 30.6. The summed E-state index contributed by atoms with van der Waals surface area (Å²) in [5, 5.41) is 5.74. The molecule has 2 aromatic rings. The van der Waals surface area contributed by atoms with Crippen molar-refractivity contribution in [1.82, 2.24) is 15.2 Å². The number of nitrogens with one attached hydrogen (secondary N) is 1. The van der Waals surface area contributed by atoms with Crippen LogP contribution in [0.2, 0.25) is 0 Å². The molecule has 1 saturated heterocycles. The fourth-order valence-corrected chi connectivity index (χ4v) is 4.20. The maximum atomic E-state index is 13.9. The van der Waals surface area contributed by atoms with E-state index in [9.17, 15) is 14.0 Å². The molecule has 8 heteroatoms. The Morgan fingerprint density at radius 2 is 2.25 bits per heavy atom. The maximum Gasteiger partial charge on any atom is 0.253 e. The molecule has 28 heavy (non-hydrogen) atoms. The van der Waals surface area contributed by atoms with Gasteiger partial charge in [0.1, 0.15) is 0 Å². The van der Waals surface area contributed by atoms with Crippen LogP contribution < -0.4 is 10.1 Å².